The first-order valence-electron chi connectivity index (χ1n) is 6.21. The van der Waals surface area contributed by atoms with Crippen LogP contribution >= 0.6 is 12.2 Å². The van der Waals surface area contributed by atoms with E-state index in [1.807, 2.05) is 18.7 Å². The van der Waals surface area contributed by atoms with Crippen molar-refractivity contribution < 1.29 is 9.53 Å². The molecule has 104 valence electrons. The van der Waals surface area contributed by atoms with Gasteiger partial charge in [-0.15, -0.1) is 0 Å². The molecule has 0 aromatic carbocycles. The lowest BCUT2D eigenvalue weighted by atomic mass is 10.0. The van der Waals surface area contributed by atoms with Gasteiger partial charge in [-0.25, -0.2) is 0 Å². The first-order valence-corrected chi connectivity index (χ1v) is 6.62. The van der Waals surface area contributed by atoms with Gasteiger partial charge in [0.2, 0.25) is 5.91 Å². The molecular weight excluding hydrogens is 250 g/mol. The molecule has 6 heteroatoms. The predicted octanol–water partition coefficient (Wildman–Crippen LogP) is 0.232. The van der Waals surface area contributed by atoms with Gasteiger partial charge >= 0.3 is 0 Å². The van der Waals surface area contributed by atoms with Gasteiger partial charge in [-0.05, 0) is 13.8 Å². The molecule has 0 saturated carbocycles. The lowest BCUT2D eigenvalue weighted by molar-refractivity contribution is -0.134. The summed E-state index contributed by atoms with van der Waals surface area (Å²) in [5.74, 6) is 0.157. The number of methoxy groups -OCH3 is 1. The Bertz CT molecular complexity index is 312. The van der Waals surface area contributed by atoms with E-state index in [4.69, 9.17) is 22.7 Å². The van der Waals surface area contributed by atoms with E-state index >= 15 is 0 Å². The van der Waals surface area contributed by atoms with Crippen molar-refractivity contribution in [1.29, 1.82) is 0 Å². The molecule has 1 aliphatic heterocycles. The Labute approximate surface area is 114 Å². The van der Waals surface area contributed by atoms with Crippen LogP contribution in [0.15, 0.2) is 0 Å². The molecule has 1 aliphatic rings. The highest BCUT2D eigenvalue weighted by Crippen LogP contribution is 2.17. The van der Waals surface area contributed by atoms with Crippen molar-refractivity contribution in [2.24, 2.45) is 5.73 Å². The Balaban J connectivity index is 2.46. The quantitative estimate of drug-likeness (QED) is 0.727. The zero-order valence-corrected chi connectivity index (χ0v) is 12.3. The first kappa shape index (κ1) is 15.3. The summed E-state index contributed by atoms with van der Waals surface area (Å²) in [7, 11) is 1.61. The van der Waals surface area contributed by atoms with Gasteiger partial charge in [0.25, 0.3) is 0 Å². The van der Waals surface area contributed by atoms with Gasteiger partial charge in [0, 0.05) is 33.3 Å². The average molecular weight is 273 g/mol. The molecule has 1 amide bonds. The molecule has 1 heterocycles. The molecule has 0 atom stereocenters. The zero-order valence-electron chi connectivity index (χ0n) is 11.4. The Morgan fingerprint density at radius 1 is 1.33 bits per heavy atom. The van der Waals surface area contributed by atoms with Gasteiger partial charge in [-0.2, -0.15) is 0 Å². The van der Waals surface area contributed by atoms with Crippen molar-refractivity contribution in [1.82, 2.24) is 9.80 Å². The zero-order chi connectivity index (χ0) is 13.8. The van der Waals surface area contributed by atoms with Gasteiger partial charge in [-0.3, -0.25) is 9.69 Å². The molecule has 0 radical (unpaired) electrons. The van der Waals surface area contributed by atoms with E-state index in [0.29, 0.717) is 18.0 Å². The standard InChI is InChI=1S/C12H23N3O2S/c1-12(2,11(13)18)15-7-5-14(6-8-15)10(16)4-9-17-3/h4-9H2,1-3H3,(H2,13,18). The fraction of sp³-hybridized carbons (Fsp3) is 0.833. The van der Waals surface area contributed by atoms with Crippen LogP contribution in [0.25, 0.3) is 0 Å². The normalized spacial score (nSPS) is 17.8. The number of nitrogens with zero attached hydrogens (tertiary/aromatic N) is 2. The second-order valence-electron chi connectivity index (χ2n) is 5.03. The third kappa shape index (κ3) is 3.63. The molecular formula is C12H23N3O2S. The van der Waals surface area contributed by atoms with Crippen LogP contribution in [-0.2, 0) is 9.53 Å². The number of thiocarbonyl (C=S) groups is 1. The van der Waals surface area contributed by atoms with Crippen molar-refractivity contribution in [3.63, 3.8) is 0 Å². The van der Waals surface area contributed by atoms with E-state index in [0.717, 1.165) is 26.2 Å². The maximum atomic E-state index is 11.8. The molecule has 0 unspecified atom stereocenters. The van der Waals surface area contributed by atoms with Crippen LogP contribution in [0.3, 0.4) is 0 Å². The molecule has 0 aromatic rings. The van der Waals surface area contributed by atoms with Gasteiger partial charge < -0.3 is 15.4 Å². The minimum Gasteiger partial charge on any atom is -0.392 e. The van der Waals surface area contributed by atoms with E-state index in [1.165, 1.54) is 0 Å². The van der Waals surface area contributed by atoms with Crippen molar-refractivity contribution in [3.05, 3.63) is 0 Å². The van der Waals surface area contributed by atoms with Crippen LogP contribution in [0.4, 0.5) is 0 Å². The van der Waals surface area contributed by atoms with Crippen LogP contribution in [0.5, 0.6) is 0 Å². The lowest BCUT2D eigenvalue weighted by Gasteiger charge is -2.43. The van der Waals surface area contributed by atoms with E-state index < -0.39 is 0 Å². The summed E-state index contributed by atoms with van der Waals surface area (Å²) in [6.45, 7) is 7.61. The van der Waals surface area contributed by atoms with Crippen molar-refractivity contribution in [2.45, 2.75) is 25.8 Å². The van der Waals surface area contributed by atoms with Crippen molar-refractivity contribution in [2.75, 3.05) is 39.9 Å². The smallest absolute Gasteiger partial charge is 0.224 e. The van der Waals surface area contributed by atoms with Gasteiger partial charge in [-0.1, -0.05) is 12.2 Å². The van der Waals surface area contributed by atoms with Crippen LogP contribution in [0.2, 0.25) is 0 Å². The topological polar surface area (TPSA) is 58.8 Å². The number of ether oxygens (including phenoxy) is 1. The number of rotatable bonds is 5. The van der Waals surface area contributed by atoms with Crippen LogP contribution in [-0.4, -0.2) is 66.1 Å². The minimum atomic E-state index is -0.281. The third-order valence-electron chi connectivity index (χ3n) is 3.55. The van der Waals surface area contributed by atoms with Crippen molar-refractivity contribution >= 4 is 23.1 Å². The number of amides is 1. The molecule has 0 bridgehead atoms. The van der Waals surface area contributed by atoms with E-state index in [-0.39, 0.29) is 11.4 Å². The molecule has 0 spiro atoms. The molecule has 2 N–H and O–H groups in total. The second-order valence-corrected chi connectivity index (χ2v) is 5.47. The molecule has 18 heavy (non-hydrogen) atoms. The average Bonchev–Trinajstić information content (AvgIpc) is 2.35. The lowest BCUT2D eigenvalue weighted by Crippen LogP contribution is -2.59. The largest absolute Gasteiger partial charge is 0.392 e. The predicted molar refractivity (Wildman–Crippen MR) is 75.5 cm³/mol. The highest BCUT2D eigenvalue weighted by Gasteiger charge is 2.33. The summed E-state index contributed by atoms with van der Waals surface area (Å²) < 4.78 is 4.92. The Morgan fingerprint density at radius 3 is 2.33 bits per heavy atom. The summed E-state index contributed by atoms with van der Waals surface area (Å²) in [5, 5.41) is 0. The number of hydrogen-bond acceptors (Lipinski definition) is 4. The second kappa shape index (κ2) is 6.45. The molecule has 1 saturated heterocycles. The maximum absolute atomic E-state index is 11.8. The Morgan fingerprint density at radius 2 is 1.89 bits per heavy atom. The minimum absolute atomic E-state index is 0.157. The fourth-order valence-corrected chi connectivity index (χ4v) is 2.15. The molecule has 5 nitrogen and oxygen atoms in total. The van der Waals surface area contributed by atoms with Crippen molar-refractivity contribution in [3.8, 4) is 0 Å². The Kier molecular flexibility index (Phi) is 5.49. The summed E-state index contributed by atoms with van der Waals surface area (Å²) in [5.41, 5.74) is 5.47. The van der Waals surface area contributed by atoms with E-state index in [9.17, 15) is 4.79 Å². The van der Waals surface area contributed by atoms with Crippen LogP contribution in [0, 0.1) is 0 Å². The number of hydrogen-bond donors (Lipinski definition) is 1. The SMILES string of the molecule is COCCC(=O)N1CCN(C(C)(C)C(N)=S)CC1. The number of piperazine rings is 1. The Hall–Kier alpha value is -0.720. The monoisotopic (exact) mass is 273 g/mol. The fourth-order valence-electron chi connectivity index (χ4n) is 2.02. The van der Waals surface area contributed by atoms with Gasteiger partial charge in [0.15, 0.2) is 0 Å². The molecule has 0 aromatic heterocycles. The highest BCUT2D eigenvalue weighted by molar-refractivity contribution is 7.80. The van der Waals surface area contributed by atoms with Gasteiger partial charge in [0.1, 0.15) is 0 Å². The number of carbonyl (C=O) groups excluding carboxylic acids is 1. The third-order valence-corrected chi connectivity index (χ3v) is 4.05. The molecule has 0 aliphatic carbocycles. The number of nitrogens with two attached hydrogens (primary N) is 1. The summed E-state index contributed by atoms with van der Waals surface area (Å²) in [6, 6.07) is 0. The van der Waals surface area contributed by atoms with Crippen LogP contribution in [0.1, 0.15) is 20.3 Å². The number of carbonyl (C=O) groups is 1. The maximum Gasteiger partial charge on any atom is 0.224 e. The van der Waals surface area contributed by atoms with Crippen LogP contribution < -0.4 is 5.73 Å². The molecule has 1 rings (SSSR count). The molecule has 1 fully saturated rings. The van der Waals surface area contributed by atoms with E-state index in [2.05, 4.69) is 4.90 Å². The summed E-state index contributed by atoms with van der Waals surface area (Å²) in [4.78, 5) is 16.4. The van der Waals surface area contributed by atoms with Gasteiger partial charge in [0.05, 0.1) is 23.6 Å². The van der Waals surface area contributed by atoms with E-state index in [1.54, 1.807) is 7.11 Å². The highest BCUT2D eigenvalue weighted by atomic mass is 32.1. The summed E-state index contributed by atoms with van der Waals surface area (Å²) in [6.07, 6.45) is 0.454. The summed E-state index contributed by atoms with van der Waals surface area (Å²) >= 11 is 5.09. The first-order chi connectivity index (χ1) is 8.39.